The van der Waals surface area contributed by atoms with Gasteiger partial charge in [0.15, 0.2) is 5.82 Å². The van der Waals surface area contributed by atoms with E-state index in [1.807, 2.05) is 0 Å². The predicted molar refractivity (Wildman–Crippen MR) is 75.5 cm³/mol. The van der Waals surface area contributed by atoms with Crippen molar-refractivity contribution >= 4 is 11.7 Å². The van der Waals surface area contributed by atoms with Gasteiger partial charge in [-0.3, -0.25) is 4.79 Å². The Bertz CT molecular complexity index is 449. The second-order valence-electron chi connectivity index (χ2n) is 5.23. The van der Waals surface area contributed by atoms with Gasteiger partial charge in [0.1, 0.15) is 0 Å². The molecule has 5 nitrogen and oxygen atoms in total. The van der Waals surface area contributed by atoms with E-state index in [-0.39, 0.29) is 11.9 Å². The van der Waals surface area contributed by atoms with Crippen molar-refractivity contribution in [1.82, 2.24) is 10.3 Å². The Hall–Kier alpha value is -1.62. The molecule has 0 bridgehead atoms. The number of amides is 1. The van der Waals surface area contributed by atoms with Gasteiger partial charge < -0.3 is 10.7 Å². The molecule has 19 heavy (non-hydrogen) atoms. The van der Waals surface area contributed by atoms with Gasteiger partial charge in [-0.2, -0.15) is 0 Å². The van der Waals surface area contributed by atoms with Gasteiger partial charge in [-0.1, -0.05) is 20.3 Å². The molecule has 1 heterocycles. The standard InChI is InChI=1S/C14H22N4O/c1-3-10-6-7-12(9(10)2)17-14(19)11-5-4-8-16-13(11)18-15/h4-5,8-10,12H,3,6-7,15H2,1-2H3,(H,16,18)(H,17,19). The molecular weight excluding hydrogens is 240 g/mol. The maximum Gasteiger partial charge on any atom is 0.255 e. The van der Waals surface area contributed by atoms with Crippen molar-refractivity contribution in [3.63, 3.8) is 0 Å². The van der Waals surface area contributed by atoms with Crippen molar-refractivity contribution in [2.45, 2.75) is 39.2 Å². The average molecular weight is 262 g/mol. The van der Waals surface area contributed by atoms with E-state index in [9.17, 15) is 4.79 Å². The molecule has 5 heteroatoms. The molecule has 104 valence electrons. The Kier molecular flexibility index (Phi) is 4.37. The highest BCUT2D eigenvalue weighted by molar-refractivity contribution is 5.98. The molecule has 0 aromatic carbocycles. The van der Waals surface area contributed by atoms with Gasteiger partial charge >= 0.3 is 0 Å². The Morgan fingerprint density at radius 1 is 1.53 bits per heavy atom. The normalized spacial score (nSPS) is 26.2. The van der Waals surface area contributed by atoms with Crippen molar-refractivity contribution < 1.29 is 4.79 Å². The Balaban J connectivity index is 2.05. The highest BCUT2D eigenvalue weighted by Crippen LogP contribution is 2.34. The van der Waals surface area contributed by atoms with E-state index in [1.165, 1.54) is 12.8 Å². The quantitative estimate of drug-likeness (QED) is 0.572. The molecule has 4 N–H and O–H groups in total. The van der Waals surface area contributed by atoms with Gasteiger partial charge in [-0.15, -0.1) is 0 Å². The molecular formula is C14H22N4O. The third-order valence-corrected chi connectivity index (χ3v) is 4.26. The van der Waals surface area contributed by atoms with E-state index >= 15 is 0 Å². The first-order valence-electron chi connectivity index (χ1n) is 6.89. The van der Waals surface area contributed by atoms with Gasteiger partial charge in [-0.25, -0.2) is 10.8 Å². The second kappa shape index (κ2) is 6.02. The number of nitrogens with two attached hydrogens (primary N) is 1. The van der Waals surface area contributed by atoms with E-state index in [1.54, 1.807) is 18.3 Å². The summed E-state index contributed by atoms with van der Waals surface area (Å²) in [6.07, 6.45) is 5.03. The largest absolute Gasteiger partial charge is 0.349 e. The maximum atomic E-state index is 12.3. The molecule has 1 aliphatic rings. The number of hydrazine groups is 1. The number of rotatable bonds is 4. The molecule has 1 aliphatic carbocycles. The molecule has 3 atom stereocenters. The minimum atomic E-state index is -0.102. The first-order chi connectivity index (χ1) is 9.17. The van der Waals surface area contributed by atoms with Crippen molar-refractivity contribution in [3.05, 3.63) is 23.9 Å². The maximum absolute atomic E-state index is 12.3. The van der Waals surface area contributed by atoms with Crippen LogP contribution >= 0.6 is 0 Å². The molecule has 1 aromatic heterocycles. The molecule has 0 spiro atoms. The summed E-state index contributed by atoms with van der Waals surface area (Å²) in [4.78, 5) is 16.3. The fourth-order valence-corrected chi connectivity index (χ4v) is 2.98. The number of pyridine rings is 1. The summed E-state index contributed by atoms with van der Waals surface area (Å²) in [5.74, 6) is 6.93. The van der Waals surface area contributed by atoms with Crippen LogP contribution in [0.1, 0.15) is 43.5 Å². The van der Waals surface area contributed by atoms with Crippen LogP contribution in [0.25, 0.3) is 0 Å². The number of nitrogens with zero attached hydrogens (tertiary/aromatic N) is 1. The minimum absolute atomic E-state index is 0.102. The second-order valence-corrected chi connectivity index (χ2v) is 5.23. The molecule has 0 aliphatic heterocycles. The summed E-state index contributed by atoms with van der Waals surface area (Å²) >= 11 is 0. The summed E-state index contributed by atoms with van der Waals surface area (Å²) in [5, 5.41) is 3.11. The Morgan fingerprint density at radius 3 is 2.95 bits per heavy atom. The number of carbonyl (C=O) groups excluding carboxylic acids is 1. The van der Waals surface area contributed by atoms with E-state index in [0.29, 0.717) is 23.2 Å². The first kappa shape index (κ1) is 13.8. The highest BCUT2D eigenvalue weighted by atomic mass is 16.1. The fraction of sp³-hybridized carbons (Fsp3) is 0.571. The number of aromatic nitrogens is 1. The lowest BCUT2D eigenvalue weighted by molar-refractivity contribution is 0.0927. The number of anilines is 1. The first-order valence-corrected chi connectivity index (χ1v) is 6.89. The molecule has 0 saturated heterocycles. The van der Waals surface area contributed by atoms with Crippen molar-refractivity contribution in [3.8, 4) is 0 Å². The number of hydrogen-bond acceptors (Lipinski definition) is 4. The molecule has 1 aromatic rings. The van der Waals surface area contributed by atoms with Crippen LogP contribution in [-0.2, 0) is 0 Å². The average Bonchev–Trinajstić information content (AvgIpc) is 2.79. The Labute approximate surface area is 114 Å². The number of hydrogen-bond donors (Lipinski definition) is 3. The third-order valence-electron chi connectivity index (χ3n) is 4.26. The van der Waals surface area contributed by atoms with Gasteiger partial charge in [0.05, 0.1) is 5.56 Å². The topological polar surface area (TPSA) is 80.0 Å². The molecule has 1 fully saturated rings. The predicted octanol–water partition coefficient (Wildman–Crippen LogP) is 1.92. The lowest BCUT2D eigenvalue weighted by Gasteiger charge is -2.21. The van der Waals surface area contributed by atoms with E-state index in [0.717, 1.165) is 6.42 Å². The summed E-state index contributed by atoms with van der Waals surface area (Å²) in [6.45, 7) is 4.43. The molecule has 3 unspecified atom stereocenters. The summed E-state index contributed by atoms with van der Waals surface area (Å²) < 4.78 is 0. The van der Waals surface area contributed by atoms with Crippen LogP contribution in [-0.4, -0.2) is 16.9 Å². The lowest BCUT2D eigenvalue weighted by Crippen LogP contribution is -2.38. The van der Waals surface area contributed by atoms with Crippen LogP contribution in [0.15, 0.2) is 18.3 Å². The number of carbonyl (C=O) groups is 1. The van der Waals surface area contributed by atoms with Gasteiger partial charge in [0.25, 0.3) is 5.91 Å². The lowest BCUT2D eigenvalue weighted by atomic mass is 9.93. The van der Waals surface area contributed by atoms with Crippen LogP contribution in [0.4, 0.5) is 5.82 Å². The van der Waals surface area contributed by atoms with Gasteiger partial charge in [-0.05, 0) is 36.8 Å². The Morgan fingerprint density at radius 2 is 2.32 bits per heavy atom. The van der Waals surface area contributed by atoms with Crippen LogP contribution in [0.3, 0.4) is 0 Å². The minimum Gasteiger partial charge on any atom is -0.349 e. The fourth-order valence-electron chi connectivity index (χ4n) is 2.98. The van der Waals surface area contributed by atoms with E-state index in [4.69, 9.17) is 5.84 Å². The van der Waals surface area contributed by atoms with E-state index < -0.39 is 0 Å². The smallest absolute Gasteiger partial charge is 0.255 e. The van der Waals surface area contributed by atoms with Crippen molar-refractivity contribution in [1.29, 1.82) is 0 Å². The highest BCUT2D eigenvalue weighted by Gasteiger charge is 2.32. The van der Waals surface area contributed by atoms with Crippen molar-refractivity contribution in [2.24, 2.45) is 17.7 Å². The SMILES string of the molecule is CCC1CCC(NC(=O)c2cccnc2NN)C1C. The van der Waals surface area contributed by atoms with Crippen LogP contribution in [0.2, 0.25) is 0 Å². The monoisotopic (exact) mass is 262 g/mol. The third kappa shape index (κ3) is 2.87. The van der Waals surface area contributed by atoms with Crippen LogP contribution in [0, 0.1) is 11.8 Å². The van der Waals surface area contributed by atoms with Crippen LogP contribution in [0.5, 0.6) is 0 Å². The summed E-state index contributed by atoms with van der Waals surface area (Å²) in [6, 6.07) is 3.72. The molecule has 1 amide bonds. The van der Waals surface area contributed by atoms with E-state index in [2.05, 4.69) is 29.6 Å². The molecule has 0 radical (unpaired) electrons. The van der Waals surface area contributed by atoms with Gasteiger partial charge in [0.2, 0.25) is 0 Å². The summed E-state index contributed by atoms with van der Waals surface area (Å²) in [5.41, 5.74) is 2.96. The van der Waals surface area contributed by atoms with Crippen LogP contribution < -0.4 is 16.6 Å². The number of nitrogen functional groups attached to an aromatic ring is 1. The van der Waals surface area contributed by atoms with Crippen molar-refractivity contribution in [2.75, 3.05) is 5.43 Å². The van der Waals surface area contributed by atoms with Gasteiger partial charge in [0, 0.05) is 12.2 Å². The molecule has 1 saturated carbocycles. The zero-order valence-corrected chi connectivity index (χ0v) is 11.5. The zero-order valence-electron chi connectivity index (χ0n) is 11.5. The number of nitrogens with one attached hydrogen (secondary N) is 2. The molecule has 2 rings (SSSR count). The summed E-state index contributed by atoms with van der Waals surface area (Å²) in [7, 11) is 0. The zero-order chi connectivity index (χ0) is 13.8.